The number of ether oxygens (including phenoxy) is 1. The number of carbonyl (C=O) groups is 1. The molecule has 0 radical (unpaired) electrons. The number of benzene rings is 2. The van der Waals surface area contributed by atoms with Crippen molar-refractivity contribution in [3.05, 3.63) is 59.2 Å². The van der Waals surface area contributed by atoms with Gasteiger partial charge in [-0.05, 0) is 49.4 Å². The number of rotatable bonds is 5. The summed E-state index contributed by atoms with van der Waals surface area (Å²) in [6, 6.07) is 11.2. The van der Waals surface area contributed by atoms with Crippen molar-refractivity contribution in [2.75, 3.05) is 37.7 Å². The lowest BCUT2D eigenvalue weighted by molar-refractivity contribution is -0.137. The highest BCUT2D eigenvalue weighted by Crippen LogP contribution is 2.35. The molecule has 6 nitrogen and oxygen atoms in total. The summed E-state index contributed by atoms with van der Waals surface area (Å²) in [6.45, 7) is 2.72. The van der Waals surface area contributed by atoms with Crippen LogP contribution in [0.5, 0.6) is 5.75 Å². The summed E-state index contributed by atoms with van der Waals surface area (Å²) in [7, 11) is 0. The van der Waals surface area contributed by atoms with Crippen LogP contribution in [-0.2, 0) is 6.18 Å². The molecule has 1 atom stereocenters. The molecule has 1 unspecified atom stereocenters. The molecule has 1 heterocycles. The number of carbonyl (C=O) groups excluding carboxylic acids is 1. The summed E-state index contributed by atoms with van der Waals surface area (Å²) in [5.41, 5.74) is -0.761. The molecule has 1 aliphatic heterocycles. The first-order chi connectivity index (χ1) is 14.8. The Kier molecular flexibility index (Phi) is 6.71. The predicted octanol–water partition coefficient (Wildman–Crippen LogP) is 3.30. The zero-order chi connectivity index (χ0) is 22.6. The van der Waals surface area contributed by atoms with Gasteiger partial charge in [0, 0.05) is 30.9 Å². The van der Waals surface area contributed by atoms with E-state index in [1.54, 1.807) is 40.1 Å². The third-order valence-electron chi connectivity index (χ3n) is 5.15. The topological polar surface area (TPSA) is 76.8 Å². The molecule has 1 fully saturated rings. The molecule has 1 aliphatic rings. The van der Waals surface area contributed by atoms with Crippen molar-refractivity contribution in [2.45, 2.75) is 19.1 Å². The van der Waals surface area contributed by atoms with Crippen molar-refractivity contribution in [1.29, 1.82) is 5.26 Å². The van der Waals surface area contributed by atoms with Crippen LogP contribution in [0.4, 0.5) is 18.9 Å². The van der Waals surface area contributed by atoms with E-state index in [-0.39, 0.29) is 37.8 Å². The van der Waals surface area contributed by atoms with Crippen LogP contribution in [0.15, 0.2) is 42.5 Å². The molecule has 1 amide bonds. The Morgan fingerprint density at radius 3 is 2.52 bits per heavy atom. The van der Waals surface area contributed by atoms with Gasteiger partial charge in [-0.1, -0.05) is 0 Å². The number of nitriles is 1. The van der Waals surface area contributed by atoms with Gasteiger partial charge in [0.15, 0.2) is 0 Å². The molecular weight excluding hydrogens is 411 g/mol. The molecule has 164 valence electrons. The van der Waals surface area contributed by atoms with E-state index < -0.39 is 23.3 Å². The standard InChI is InChI=1S/C22H22F3N3O3/c1-2-31-19-7-4-15(5-8-19)21(30)27-9-10-28(18(13-27)14-29)17-6-3-16(12-26)20(11-17)22(23,24)25/h3-8,11,18,29H,2,9-10,13-14H2,1H3. The maximum absolute atomic E-state index is 13.3. The van der Waals surface area contributed by atoms with Gasteiger partial charge in [0.2, 0.25) is 0 Å². The fraction of sp³-hybridized carbons (Fsp3) is 0.364. The first kappa shape index (κ1) is 22.4. The van der Waals surface area contributed by atoms with E-state index >= 15 is 0 Å². The van der Waals surface area contributed by atoms with Crippen LogP contribution < -0.4 is 9.64 Å². The minimum atomic E-state index is -4.67. The van der Waals surface area contributed by atoms with Crippen LogP contribution >= 0.6 is 0 Å². The van der Waals surface area contributed by atoms with Crippen molar-refractivity contribution >= 4 is 11.6 Å². The fourth-order valence-corrected chi connectivity index (χ4v) is 3.62. The number of hydrogen-bond donors (Lipinski definition) is 1. The number of hydrogen-bond acceptors (Lipinski definition) is 5. The van der Waals surface area contributed by atoms with Crippen molar-refractivity contribution in [2.24, 2.45) is 0 Å². The second kappa shape index (κ2) is 9.27. The summed E-state index contributed by atoms with van der Waals surface area (Å²) in [5.74, 6) is 0.426. The largest absolute Gasteiger partial charge is 0.494 e. The minimum Gasteiger partial charge on any atom is -0.494 e. The first-order valence-electron chi connectivity index (χ1n) is 9.79. The van der Waals surface area contributed by atoms with Crippen LogP contribution in [0.3, 0.4) is 0 Å². The van der Waals surface area contributed by atoms with Gasteiger partial charge >= 0.3 is 6.18 Å². The molecule has 2 aromatic rings. The second-order valence-electron chi connectivity index (χ2n) is 7.08. The Morgan fingerprint density at radius 2 is 1.94 bits per heavy atom. The summed E-state index contributed by atoms with van der Waals surface area (Å²) in [6.07, 6.45) is -4.67. The summed E-state index contributed by atoms with van der Waals surface area (Å²) in [4.78, 5) is 16.1. The van der Waals surface area contributed by atoms with Gasteiger partial charge in [-0.25, -0.2) is 0 Å². The minimum absolute atomic E-state index is 0.157. The number of piperazine rings is 1. The van der Waals surface area contributed by atoms with Crippen molar-refractivity contribution < 1.29 is 27.8 Å². The van der Waals surface area contributed by atoms with Crippen molar-refractivity contribution in [3.63, 3.8) is 0 Å². The summed E-state index contributed by atoms with van der Waals surface area (Å²) in [5, 5.41) is 18.8. The molecule has 3 rings (SSSR count). The van der Waals surface area contributed by atoms with Crippen LogP contribution in [-0.4, -0.2) is 54.8 Å². The third-order valence-corrected chi connectivity index (χ3v) is 5.15. The molecule has 31 heavy (non-hydrogen) atoms. The normalized spacial score (nSPS) is 16.7. The Hall–Kier alpha value is -3.25. The molecule has 2 aromatic carbocycles. The van der Waals surface area contributed by atoms with Gasteiger partial charge in [0.25, 0.3) is 5.91 Å². The number of aliphatic hydroxyl groups is 1. The molecule has 9 heteroatoms. The average Bonchev–Trinajstić information content (AvgIpc) is 2.78. The Labute approximate surface area is 178 Å². The second-order valence-corrected chi connectivity index (χ2v) is 7.08. The number of alkyl halides is 3. The predicted molar refractivity (Wildman–Crippen MR) is 108 cm³/mol. The van der Waals surface area contributed by atoms with Gasteiger partial charge in [0.1, 0.15) is 5.75 Å². The zero-order valence-electron chi connectivity index (χ0n) is 16.9. The van der Waals surface area contributed by atoms with E-state index in [9.17, 15) is 23.1 Å². The van der Waals surface area contributed by atoms with Crippen LogP contribution in [0.1, 0.15) is 28.4 Å². The number of halogens is 3. The summed E-state index contributed by atoms with van der Waals surface area (Å²) < 4.78 is 45.3. The van der Waals surface area contributed by atoms with Gasteiger partial charge in [0.05, 0.1) is 36.5 Å². The fourth-order valence-electron chi connectivity index (χ4n) is 3.62. The van der Waals surface area contributed by atoms with E-state index in [1.807, 2.05) is 6.92 Å². The van der Waals surface area contributed by atoms with Gasteiger partial charge in [-0.3, -0.25) is 4.79 Å². The number of amides is 1. The van der Waals surface area contributed by atoms with Crippen molar-refractivity contribution in [3.8, 4) is 11.8 Å². The number of aliphatic hydroxyl groups excluding tert-OH is 1. The van der Waals surface area contributed by atoms with Gasteiger partial charge < -0.3 is 19.6 Å². The van der Waals surface area contributed by atoms with E-state index in [2.05, 4.69) is 0 Å². The molecule has 1 N–H and O–H groups in total. The van der Waals surface area contributed by atoms with Gasteiger partial charge in [-0.15, -0.1) is 0 Å². The van der Waals surface area contributed by atoms with E-state index in [0.29, 0.717) is 17.9 Å². The molecule has 0 aliphatic carbocycles. The molecule has 0 saturated carbocycles. The maximum Gasteiger partial charge on any atom is 0.417 e. The SMILES string of the molecule is CCOc1ccc(C(=O)N2CCN(c3ccc(C#N)c(C(F)(F)F)c3)C(CO)C2)cc1. The average molecular weight is 433 g/mol. The lowest BCUT2D eigenvalue weighted by Crippen LogP contribution is -2.56. The van der Waals surface area contributed by atoms with Gasteiger partial charge in [-0.2, -0.15) is 18.4 Å². The quantitative estimate of drug-likeness (QED) is 0.783. The lowest BCUT2D eigenvalue weighted by atomic mass is 10.0. The number of nitrogens with zero attached hydrogens (tertiary/aromatic N) is 3. The molecule has 0 bridgehead atoms. The Bertz CT molecular complexity index is 971. The monoisotopic (exact) mass is 433 g/mol. The molecular formula is C22H22F3N3O3. The zero-order valence-corrected chi connectivity index (χ0v) is 16.9. The Morgan fingerprint density at radius 1 is 1.23 bits per heavy atom. The van der Waals surface area contributed by atoms with Crippen LogP contribution in [0.2, 0.25) is 0 Å². The lowest BCUT2D eigenvalue weighted by Gasteiger charge is -2.42. The smallest absolute Gasteiger partial charge is 0.417 e. The first-order valence-corrected chi connectivity index (χ1v) is 9.79. The van der Waals surface area contributed by atoms with E-state index in [4.69, 9.17) is 10.00 Å². The molecule has 1 saturated heterocycles. The third kappa shape index (κ3) is 4.91. The highest BCUT2D eigenvalue weighted by atomic mass is 19.4. The van der Waals surface area contributed by atoms with Crippen LogP contribution in [0.25, 0.3) is 0 Å². The molecule has 0 spiro atoms. The van der Waals surface area contributed by atoms with Crippen LogP contribution in [0, 0.1) is 11.3 Å². The Balaban J connectivity index is 1.78. The van der Waals surface area contributed by atoms with E-state index in [0.717, 1.165) is 12.1 Å². The van der Waals surface area contributed by atoms with Crippen molar-refractivity contribution in [1.82, 2.24) is 4.90 Å². The highest BCUT2D eigenvalue weighted by molar-refractivity contribution is 5.94. The summed E-state index contributed by atoms with van der Waals surface area (Å²) >= 11 is 0. The highest BCUT2D eigenvalue weighted by Gasteiger charge is 2.36. The van der Waals surface area contributed by atoms with E-state index in [1.165, 1.54) is 6.07 Å². The number of anilines is 1. The maximum atomic E-state index is 13.3. The molecule has 0 aromatic heterocycles.